The molecular weight excluding hydrogens is 264 g/mol. The van der Waals surface area contributed by atoms with Gasteiger partial charge in [0.1, 0.15) is 0 Å². The summed E-state index contributed by atoms with van der Waals surface area (Å²) >= 11 is 8.10. The van der Waals surface area contributed by atoms with Crippen molar-refractivity contribution in [3.05, 3.63) is 51.2 Å². The lowest BCUT2D eigenvalue weighted by Gasteiger charge is -2.23. The molecule has 0 fully saturated rings. The standard InChI is InChI=1S/C14H17ClN2S/c1-16-9-11-5-3-7-13(15)14(11)17(2)10-12-6-4-8-18-12/h3-8,16H,9-10H2,1-2H3. The molecule has 0 aliphatic rings. The molecule has 2 rings (SSSR count). The summed E-state index contributed by atoms with van der Waals surface area (Å²) in [6.07, 6.45) is 0. The summed E-state index contributed by atoms with van der Waals surface area (Å²) in [5, 5.41) is 6.09. The van der Waals surface area contributed by atoms with Gasteiger partial charge in [-0.25, -0.2) is 0 Å². The molecule has 1 heterocycles. The van der Waals surface area contributed by atoms with E-state index in [1.165, 1.54) is 10.4 Å². The second-order valence-corrected chi connectivity index (χ2v) is 5.65. The van der Waals surface area contributed by atoms with Crippen LogP contribution in [-0.2, 0) is 13.1 Å². The van der Waals surface area contributed by atoms with Gasteiger partial charge in [0.25, 0.3) is 0 Å². The van der Waals surface area contributed by atoms with E-state index in [0.29, 0.717) is 0 Å². The highest BCUT2D eigenvalue weighted by molar-refractivity contribution is 7.09. The monoisotopic (exact) mass is 280 g/mol. The van der Waals surface area contributed by atoms with E-state index in [2.05, 4.69) is 40.8 Å². The van der Waals surface area contributed by atoms with Crippen LogP contribution in [0.25, 0.3) is 0 Å². The molecule has 0 bridgehead atoms. The Morgan fingerprint density at radius 2 is 2.11 bits per heavy atom. The van der Waals surface area contributed by atoms with E-state index in [1.54, 1.807) is 11.3 Å². The first-order valence-corrected chi connectivity index (χ1v) is 7.13. The van der Waals surface area contributed by atoms with Gasteiger partial charge >= 0.3 is 0 Å². The van der Waals surface area contributed by atoms with Crippen molar-refractivity contribution in [3.63, 3.8) is 0 Å². The Bertz CT molecular complexity index is 497. The van der Waals surface area contributed by atoms with Crippen LogP contribution in [0.5, 0.6) is 0 Å². The van der Waals surface area contributed by atoms with Crippen molar-refractivity contribution < 1.29 is 0 Å². The predicted molar refractivity (Wildman–Crippen MR) is 80.6 cm³/mol. The molecule has 1 aromatic heterocycles. The second kappa shape index (κ2) is 6.23. The van der Waals surface area contributed by atoms with Crippen LogP contribution in [0.2, 0.25) is 5.02 Å². The number of hydrogen-bond acceptors (Lipinski definition) is 3. The molecule has 0 unspecified atom stereocenters. The number of nitrogens with zero attached hydrogens (tertiary/aromatic N) is 1. The molecule has 0 saturated carbocycles. The molecule has 2 nitrogen and oxygen atoms in total. The van der Waals surface area contributed by atoms with Crippen LogP contribution >= 0.6 is 22.9 Å². The smallest absolute Gasteiger partial charge is 0.0642 e. The van der Waals surface area contributed by atoms with Gasteiger partial charge in [-0.15, -0.1) is 11.3 Å². The van der Waals surface area contributed by atoms with Crippen LogP contribution in [0.3, 0.4) is 0 Å². The third-order valence-electron chi connectivity index (χ3n) is 2.79. The first-order chi connectivity index (χ1) is 8.72. The maximum atomic E-state index is 6.33. The summed E-state index contributed by atoms with van der Waals surface area (Å²) in [6, 6.07) is 10.3. The van der Waals surface area contributed by atoms with Crippen molar-refractivity contribution >= 4 is 28.6 Å². The van der Waals surface area contributed by atoms with Crippen molar-refractivity contribution in [2.45, 2.75) is 13.1 Å². The lowest BCUT2D eigenvalue weighted by Crippen LogP contribution is -2.19. The summed E-state index contributed by atoms with van der Waals surface area (Å²) in [6.45, 7) is 1.71. The van der Waals surface area contributed by atoms with Gasteiger partial charge in [0.2, 0.25) is 0 Å². The fourth-order valence-corrected chi connectivity index (χ4v) is 3.13. The Kier molecular flexibility index (Phi) is 4.64. The van der Waals surface area contributed by atoms with Gasteiger partial charge in [-0.1, -0.05) is 29.8 Å². The molecule has 4 heteroatoms. The van der Waals surface area contributed by atoms with Crippen molar-refractivity contribution in [3.8, 4) is 0 Å². The molecule has 0 aliphatic carbocycles. The Labute approximate surface area is 117 Å². The maximum Gasteiger partial charge on any atom is 0.0642 e. The Morgan fingerprint density at radius 3 is 2.78 bits per heavy atom. The maximum absolute atomic E-state index is 6.33. The molecule has 1 N–H and O–H groups in total. The van der Waals surface area contributed by atoms with Crippen LogP contribution in [0, 0.1) is 0 Å². The average Bonchev–Trinajstić information content (AvgIpc) is 2.82. The topological polar surface area (TPSA) is 15.3 Å². The van der Waals surface area contributed by atoms with Crippen LogP contribution in [0.15, 0.2) is 35.7 Å². The van der Waals surface area contributed by atoms with Gasteiger partial charge in [0, 0.05) is 18.5 Å². The highest BCUT2D eigenvalue weighted by Gasteiger charge is 2.11. The van der Waals surface area contributed by atoms with Gasteiger partial charge in [-0.3, -0.25) is 0 Å². The predicted octanol–water partition coefficient (Wildman–Crippen LogP) is 3.76. The number of rotatable bonds is 5. The summed E-state index contributed by atoms with van der Waals surface area (Å²) in [4.78, 5) is 3.55. The Hall–Kier alpha value is -1.03. The van der Waals surface area contributed by atoms with Crippen LogP contribution in [0.4, 0.5) is 5.69 Å². The van der Waals surface area contributed by atoms with Crippen molar-refractivity contribution in [2.75, 3.05) is 19.0 Å². The molecular formula is C14H17ClN2S. The van der Waals surface area contributed by atoms with Crippen LogP contribution in [-0.4, -0.2) is 14.1 Å². The van der Waals surface area contributed by atoms with E-state index in [1.807, 2.05) is 19.2 Å². The van der Waals surface area contributed by atoms with Crippen LogP contribution in [0.1, 0.15) is 10.4 Å². The first kappa shape index (κ1) is 13.4. The van der Waals surface area contributed by atoms with Gasteiger partial charge < -0.3 is 10.2 Å². The number of halogens is 1. The molecule has 0 radical (unpaired) electrons. The summed E-state index contributed by atoms with van der Waals surface area (Å²) < 4.78 is 0. The van der Waals surface area contributed by atoms with Gasteiger partial charge in [0.05, 0.1) is 17.3 Å². The highest BCUT2D eigenvalue weighted by atomic mass is 35.5. The van der Waals surface area contributed by atoms with E-state index in [-0.39, 0.29) is 0 Å². The number of benzene rings is 1. The van der Waals surface area contributed by atoms with Crippen molar-refractivity contribution in [1.82, 2.24) is 5.32 Å². The normalized spacial score (nSPS) is 10.6. The lowest BCUT2D eigenvalue weighted by atomic mass is 10.1. The Morgan fingerprint density at radius 1 is 1.28 bits per heavy atom. The fourth-order valence-electron chi connectivity index (χ4n) is 2.04. The van der Waals surface area contributed by atoms with Gasteiger partial charge in [-0.2, -0.15) is 0 Å². The molecule has 18 heavy (non-hydrogen) atoms. The average molecular weight is 281 g/mol. The zero-order chi connectivity index (χ0) is 13.0. The third kappa shape index (κ3) is 3.05. The summed E-state index contributed by atoms with van der Waals surface area (Å²) in [5.41, 5.74) is 2.34. The van der Waals surface area contributed by atoms with E-state index in [4.69, 9.17) is 11.6 Å². The van der Waals surface area contributed by atoms with E-state index in [0.717, 1.165) is 23.8 Å². The molecule has 96 valence electrons. The SMILES string of the molecule is CNCc1cccc(Cl)c1N(C)Cc1cccs1. The number of nitrogens with one attached hydrogen (secondary N) is 1. The zero-order valence-corrected chi connectivity index (χ0v) is 12.2. The number of para-hydroxylation sites is 1. The van der Waals surface area contributed by atoms with E-state index >= 15 is 0 Å². The molecule has 0 atom stereocenters. The summed E-state index contributed by atoms with van der Waals surface area (Å²) in [5.74, 6) is 0. The van der Waals surface area contributed by atoms with Crippen LogP contribution < -0.4 is 10.2 Å². The number of thiophene rings is 1. The minimum atomic E-state index is 0.807. The van der Waals surface area contributed by atoms with Crippen molar-refractivity contribution in [1.29, 1.82) is 0 Å². The molecule has 0 spiro atoms. The first-order valence-electron chi connectivity index (χ1n) is 5.88. The quantitative estimate of drug-likeness (QED) is 0.897. The second-order valence-electron chi connectivity index (χ2n) is 4.21. The lowest BCUT2D eigenvalue weighted by molar-refractivity contribution is 0.807. The Balaban J connectivity index is 2.25. The number of anilines is 1. The molecule has 0 amide bonds. The molecule has 0 aliphatic heterocycles. The minimum absolute atomic E-state index is 0.807. The van der Waals surface area contributed by atoms with E-state index < -0.39 is 0 Å². The minimum Gasteiger partial charge on any atom is -0.368 e. The largest absolute Gasteiger partial charge is 0.368 e. The summed E-state index contributed by atoms with van der Waals surface area (Å²) in [7, 11) is 4.03. The molecule has 2 aromatic rings. The molecule has 0 saturated heterocycles. The van der Waals surface area contributed by atoms with Crippen molar-refractivity contribution in [2.24, 2.45) is 0 Å². The van der Waals surface area contributed by atoms with Gasteiger partial charge in [0.15, 0.2) is 0 Å². The molecule has 1 aromatic carbocycles. The zero-order valence-electron chi connectivity index (χ0n) is 10.6. The third-order valence-corrected chi connectivity index (χ3v) is 3.96. The van der Waals surface area contributed by atoms with E-state index in [9.17, 15) is 0 Å². The number of hydrogen-bond donors (Lipinski definition) is 1. The fraction of sp³-hybridized carbons (Fsp3) is 0.286. The highest BCUT2D eigenvalue weighted by Crippen LogP contribution is 2.30. The van der Waals surface area contributed by atoms with Gasteiger partial charge in [-0.05, 0) is 30.1 Å².